The number of nitrogens with zero attached hydrogens (tertiary/aromatic N) is 16. The minimum Gasteiger partial charge on any atom is -0.581 e. The summed E-state index contributed by atoms with van der Waals surface area (Å²) >= 11 is 0. The Balaban J connectivity index is 0.000000148. The van der Waals surface area contributed by atoms with Crippen molar-refractivity contribution in [2.45, 2.75) is 10.8 Å². The molecule has 0 saturated heterocycles. The van der Waals surface area contributed by atoms with Gasteiger partial charge in [-0.3, -0.25) is 19.9 Å². The summed E-state index contributed by atoms with van der Waals surface area (Å²) in [7, 11) is 3.80. The molecule has 2 aliphatic carbocycles. The monoisotopic (exact) mass is 1270 g/mol. The van der Waals surface area contributed by atoms with Gasteiger partial charge >= 0.3 is 77.4 Å². The molecule has 8 aromatic heterocycles. The van der Waals surface area contributed by atoms with E-state index in [0.717, 1.165) is 90.0 Å². The fourth-order valence-corrected chi connectivity index (χ4v) is 10.1. The van der Waals surface area contributed by atoms with Crippen LogP contribution < -0.4 is 19.3 Å². The second-order valence-electron chi connectivity index (χ2n) is 16.3. The number of benzene rings is 2. The largest absolute Gasteiger partial charge is 2.00 e. The number of hydrogen-bond acceptors (Lipinski definition) is 10. The Bertz CT molecular complexity index is 3500. The van der Waals surface area contributed by atoms with E-state index in [1.54, 1.807) is 37.2 Å². The molecular weight excluding hydrogens is 1240 g/mol. The van der Waals surface area contributed by atoms with Crippen molar-refractivity contribution in [3.8, 4) is 22.3 Å². The van der Waals surface area contributed by atoms with Gasteiger partial charge in [0.25, 0.3) is 0 Å². The summed E-state index contributed by atoms with van der Waals surface area (Å²) in [6.45, 7) is 0. The zero-order valence-electron chi connectivity index (χ0n) is 36.8. The van der Waals surface area contributed by atoms with Crippen LogP contribution in [0.1, 0.15) is 44.8 Å². The van der Waals surface area contributed by atoms with Crippen LogP contribution in [-0.2, 0) is 53.0 Å². The molecule has 0 fully saturated rings. The van der Waals surface area contributed by atoms with E-state index in [1.807, 2.05) is 143 Å². The van der Waals surface area contributed by atoms with Gasteiger partial charge in [0.05, 0.1) is 34.6 Å². The van der Waals surface area contributed by atoms with Crippen LogP contribution in [0.4, 0.5) is 34.6 Å². The predicted octanol–water partition coefficient (Wildman–Crippen LogP) is 6.15. The Kier molecular flexibility index (Phi) is 11.0. The van der Waals surface area contributed by atoms with Crippen molar-refractivity contribution >= 4 is 46.7 Å². The molecule has 2 aromatic carbocycles. The number of aromatic nitrogens is 12. The van der Waals surface area contributed by atoms with Crippen molar-refractivity contribution < 1.29 is 51.3 Å². The average molecular weight is 1270 g/mol. The maximum absolute atomic E-state index is 4.53. The molecule has 4 aliphatic rings. The minimum atomic E-state index is -0.753. The minimum absolute atomic E-state index is 0. The molecule has 0 spiro atoms. The number of fused-ring (bicyclic) bond motifs is 8. The van der Waals surface area contributed by atoms with E-state index in [1.165, 1.54) is 0 Å². The Morgan fingerprint density at radius 2 is 0.800 bits per heavy atom. The van der Waals surface area contributed by atoms with Gasteiger partial charge in [0, 0.05) is 70.9 Å². The van der Waals surface area contributed by atoms with Crippen molar-refractivity contribution in [3.63, 3.8) is 0 Å². The molecule has 2 aliphatic heterocycles. The van der Waals surface area contributed by atoms with Crippen molar-refractivity contribution in [2.75, 3.05) is 14.1 Å². The van der Waals surface area contributed by atoms with E-state index in [-0.39, 0.29) is 42.1 Å². The van der Waals surface area contributed by atoms with Crippen LogP contribution in [0.2, 0.25) is 0 Å². The van der Waals surface area contributed by atoms with Crippen molar-refractivity contribution in [3.05, 3.63) is 216 Å². The van der Waals surface area contributed by atoms with Crippen LogP contribution in [0.3, 0.4) is 0 Å². The summed E-state index contributed by atoms with van der Waals surface area (Å²) < 4.78 is 7.41. The molecule has 16 nitrogen and oxygen atoms in total. The van der Waals surface area contributed by atoms with Gasteiger partial charge in [0.2, 0.25) is 0 Å². The summed E-state index contributed by atoms with van der Waals surface area (Å²) in [4.78, 5) is 35.9. The van der Waals surface area contributed by atoms with Gasteiger partial charge in [-0.2, -0.15) is 46.6 Å². The third kappa shape index (κ3) is 6.38. The summed E-state index contributed by atoms with van der Waals surface area (Å²) in [5.74, 6) is 2.89. The molecule has 0 unspecified atom stereocenters. The maximum Gasteiger partial charge on any atom is 2.00 e. The van der Waals surface area contributed by atoms with Crippen molar-refractivity contribution in [2.24, 2.45) is 0 Å². The summed E-state index contributed by atoms with van der Waals surface area (Å²) in [5.41, 5.74) is 12.0. The molecule has 0 radical (unpaired) electrons. The molecule has 10 aromatic rings. The fraction of sp³-hybridized carbons (Fsp3) is 0.0769. The molecule has 14 rings (SSSR count). The van der Waals surface area contributed by atoms with E-state index in [0.29, 0.717) is 11.6 Å². The first-order chi connectivity index (χ1) is 33.6. The zero-order chi connectivity index (χ0) is 45.4. The molecule has 0 saturated carbocycles. The Labute approximate surface area is 428 Å². The molecule has 0 bridgehead atoms. The number of pyridine rings is 4. The molecule has 336 valence electrons. The number of rotatable bonds is 6. The van der Waals surface area contributed by atoms with Crippen LogP contribution in [-0.4, -0.2) is 85.3 Å². The topological polar surface area (TPSA) is 169 Å². The molecule has 18 heteroatoms. The van der Waals surface area contributed by atoms with Crippen LogP contribution in [0, 0.1) is 12.1 Å². The second-order valence-corrected chi connectivity index (χ2v) is 16.3. The molecule has 10 heterocycles. The van der Waals surface area contributed by atoms with Crippen LogP contribution in [0.25, 0.3) is 22.3 Å². The maximum atomic E-state index is 4.53. The smallest absolute Gasteiger partial charge is 0.581 e. The summed E-state index contributed by atoms with van der Waals surface area (Å²) in [5, 5.41) is 17.4. The normalized spacial score (nSPS) is 14.3. The first kappa shape index (κ1) is 44.3. The van der Waals surface area contributed by atoms with Gasteiger partial charge in [-0.05, 0) is 68.8 Å². The average Bonchev–Trinajstić information content (AvgIpc) is 4.28. The first-order valence-electron chi connectivity index (χ1n) is 21.5. The van der Waals surface area contributed by atoms with Crippen molar-refractivity contribution in [1.82, 2.24) is 69.4 Å². The van der Waals surface area contributed by atoms with E-state index in [9.17, 15) is 0 Å². The zero-order valence-corrected chi connectivity index (χ0v) is 41.3. The molecule has 70 heavy (non-hydrogen) atoms. The Morgan fingerprint density at radius 1 is 0.443 bits per heavy atom. The summed E-state index contributed by atoms with van der Waals surface area (Å²) in [6, 6.07) is 38.1. The van der Waals surface area contributed by atoms with Gasteiger partial charge in [-0.1, -0.05) is 12.1 Å². The van der Waals surface area contributed by atoms with Gasteiger partial charge in [-0.25, -0.2) is 0 Å². The molecule has 0 atom stereocenters. The SMILES string of the molecule is C[N+]1=C=[N+](c2[c-]c(C3(c4cc[n-]n4)c4cnccc4-c4ccncc43)ccc2)c2nccnc21.C[N+]1=C=[N+](c2[c-]c(C3(c4cc[n-]n4)c4cnccc4-c4ccncc43)ccc2)c2nccnc21.[Pt+2].[Pt+2]. The van der Waals surface area contributed by atoms with Gasteiger partial charge in [0.1, 0.15) is 14.1 Å². The quantitative estimate of drug-likeness (QED) is 0.138. The number of hydrogen-bond donors (Lipinski definition) is 0. The molecular formula is C52H32N16Pt2+4. The van der Waals surface area contributed by atoms with E-state index >= 15 is 0 Å². The van der Waals surface area contributed by atoms with Crippen molar-refractivity contribution in [1.29, 1.82) is 0 Å². The predicted molar refractivity (Wildman–Crippen MR) is 247 cm³/mol. The summed E-state index contributed by atoms with van der Waals surface area (Å²) in [6.07, 6.45) is 25.0. The third-order valence-corrected chi connectivity index (χ3v) is 12.9. The second kappa shape index (κ2) is 17.4. The van der Waals surface area contributed by atoms with Gasteiger partial charge < -0.3 is 20.4 Å². The molecule has 0 N–H and O–H groups in total. The fourth-order valence-electron chi connectivity index (χ4n) is 10.1. The molecule has 0 amide bonds. The first-order valence-corrected chi connectivity index (χ1v) is 21.5. The van der Waals surface area contributed by atoms with Crippen LogP contribution in [0.15, 0.2) is 160 Å². The van der Waals surface area contributed by atoms with E-state index in [2.05, 4.69) is 96.5 Å². The van der Waals surface area contributed by atoms with E-state index < -0.39 is 10.8 Å². The Hall–Kier alpha value is -8.24. The van der Waals surface area contributed by atoms with Gasteiger partial charge in [-0.15, -0.1) is 53.7 Å². The van der Waals surface area contributed by atoms with E-state index in [4.69, 9.17) is 0 Å². The van der Waals surface area contributed by atoms with Crippen LogP contribution >= 0.6 is 0 Å². The van der Waals surface area contributed by atoms with Gasteiger partial charge in [0.15, 0.2) is 12.4 Å². The van der Waals surface area contributed by atoms with Crippen LogP contribution in [0.5, 0.6) is 0 Å². The Morgan fingerprint density at radius 3 is 1.14 bits per heavy atom. The standard InChI is InChI=1S/2C26H16N8.2Pt/c2*1-33-16-34(25-24(33)29-11-12-30-25)18-4-2-3-17(13-18)26(23-7-10-31-32-23)21-14-27-8-5-19(21)20-6-9-28-15-22(20)26;;/h2*2-12,14-15H,1H3;;/q;;2*+2. The third-order valence-electron chi connectivity index (χ3n) is 12.9.